The summed E-state index contributed by atoms with van der Waals surface area (Å²) in [7, 11) is 0. The van der Waals surface area contributed by atoms with Gasteiger partial charge in [0, 0.05) is 23.0 Å². The van der Waals surface area contributed by atoms with Crippen LogP contribution in [0.2, 0.25) is 0 Å². The molecule has 0 saturated carbocycles. The second-order valence-corrected chi connectivity index (χ2v) is 7.29. The number of carbonyl (C=O) groups excluding carboxylic acids is 1. The van der Waals surface area contributed by atoms with E-state index in [-0.39, 0.29) is 5.57 Å². The van der Waals surface area contributed by atoms with Crippen LogP contribution in [0.5, 0.6) is 0 Å². The van der Waals surface area contributed by atoms with Crippen LogP contribution in [0.1, 0.15) is 56.4 Å². The number of hydrogen-bond donors (Lipinski definition) is 0. The minimum atomic E-state index is -0.546. The summed E-state index contributed by atoms with van der Waals surface area (Å²) < 4.78 is 5.57. The number of nitriles is 1. The molecule has 3 rings (SSSR count). The molecule has 0 aliphatic heterocycles. The summed E-state index contributed by atoms with van der Waals surface area (Å²) in [4.78, 5) is 17.2. The maximum Gasteiger partial charge on any atom is 0.349 e. The number of ether oxygens (including phenoxy) is 1. The van der Waals surface area contributed by atoms with Crippen molar-refractivity contribution >= 4 is 11.5 Å². The normalized spacial score (nSPS) is 14.6. The number of carbonyl (C=O) groups is 1. The number of unbranched alkanes of at least 4 members (excludes halogenated alkanes) is 1. The number of benzene rings is 1. The highest BCUT2D eigenvalue weighted by Gasteiger charge is 2.30. The van der Waals surface area contributed by atoms with Gasteiger partial charge in [-0.2, -0.15) is 5.26 Å². The van der Waals surface area contributed by atoms with Gasteiger partial charge in [-0.15, -0.1) is 0 Å². The first-order chi connectivity index (χ1) is 13.6. The zero-order valence-electron chi connectivity index (χ0n) is 16.8. The van der Waals surface area contributed by atoms with E-state index in [2.05, 4.69) is 24.9 Å². The van der Waals surface area contributed by atoms with Gasteiger partial charge in [0.15, 0.2) is 0 Å². The number of rotatable bonds is 7. The second kappa shape index (κ2) is 8.84. The summed E-state index contributed by atoms with van der Waals surface area (Å²) in [5, 5.41) is 9.80. The van der Waals surface area contributed by atoms with Gasteiger partial charge in [-0.3, -0.25) is 4.98 Å². The lowest BCUT2D eigenvalue weighted by Gasteiger charge is -2.15. The van der Waals surface area contributed by atoms with E-state index < -0.39 is 5.97 Å². The van der Waals surface area contributed by atoms with Gasteiger partial charge in [0.2, 0.25) is 0 Å². The molecule has 0 amide bonds. The molecule has 2 aromatic rings. The number of aryl methyl sites for hydroxylation is 1. The minimum absolute atomic E-state index is 0.0576. The third kappa shape index (κ3) is 3.84. The lowest BCUT2D eigenvalue weighted by molar-refractivity contribution is -0.139. The molecule has 144 valence electrons. The van der Waals surface area contributed by atoms with Gasteiger partial charge < -0.3 is 4.74 Å². The van der Waals surface area contributed by atoms with Crippen LogP contribution in [0.15, 0.2) is 42.1 Å². The summed E-state index contributed by atoms with van der Waals surface area (Å²) >= 11 is 0. The first-order valence-corrected chi connectivity index (χ1v) is 9.98. The molecule has 4 heteroatoms. The predicted molar refractivity (Wildman–Crippen MR) is 110 cm³/mol. The van der Waals surface area contributed by atoms with Gasteiger partial charge in [-0.1, -0.05) is 57.4 Å². The number of pyridine rings is 1. The Morgan fingerprint density at radius 2 is 1.93 bits per heavy atom. The Morgan fingerprint density at radius 1 is 1.18 bits per heavy atom. The van der Waals surface area contributed by atoms with E-state index in [9.17, 15) is 10.1 Å². The first-order valence-electron chi connectivity index (χ1n) is 9.98. The van der Waals surface area contributed by atoms with E-state index in [0.29, 0.717) is 18.1 Å². The smallest absolute Gasteiger partial charge is 0.349 e. The van der Waals surface area contributed by atoms with Crippen molar-refractivity contribution in [3.63, 3.8) is 0 Å². The topological polar surface area (TPSA) is 63.0 Å². The molecule has 1 aliphatic rings. The maximum atomic E-state index is 12.8. The SMILES string of the molecule is CCCCC(CC)COC(=O)/C(C#N)=C1/c2ccccc2-c2cc(C)ncc21. The molecule has 0 bridgehead atoms. The van der Waals surface area contributed by atoms with E-state index >= 15 is 0 Å². The van der Waals surface area contributed by atoms with E-state index in [4.69, 9.17) is 4.74 Å². The molecule has 0 spiro atoms. The minimum Gasteiger partial charge on any atom is -0.461 e. The van der Waals surface area contributed by atoms with Crippen molar-refractivity contribution in [1.29, 1.82) is 5.26 Å². The molecule has 28 heavy (non-hydrogen) atoms. The monoisotopic (exact) mass is 374 g/mol. The number of esters is 1. The Morgan fingerprint density at radius 3 is 2.61 bits per heavy atom. The number of aromatic nitrogens is 1. The second-order valence-electron chi connectivity index (χ2n) is 7.29. The van der Waals surface area contributed by atoms with Crippen molar-refractivity contribution in [3.8, 4) is 17.2 Å². The summed E-state index contributed by atoms with van der Waals surface area (Å²) in [6.45, 7) is 6.55. The fourth-order valence-electron chi connectivity index (χ4n) is 3.70. The average Bonchev–Trinajstić information content (AvgIpc) is 3.03. The highest BCUT2D eigenvalue weighted by molar-refractivity contribution is 6.12. The third-order valence-corrected chi connectivity index (χ3v) is 5.36. The van der Waals surface area contributed by atoms with Gasteiger partial charge in [0.1, 0.15) is 11.6 Å². The summed E-state index contributed by atoms with van der Waals surface area (Å²) in [6.07, 6.45) is 5.99. The summed E-state index contributed by atoms with van der Waals surface area (Å²) in [5.74, 6) is -0.211. The van der Waals surface area contributed by atoms with Crippen molar-refractivity contribution in [3.05, 3.63) is 58.9 Å². The van der Waals surface area contributed by atoms with Crippen molar-refractivity contribution in [2.24, 2.45) is 5.92 Å². The fraction of sp³-hybridized carbons (Fsp3) is 0.375. The number of hydrogen-bond acceptors (Lipinski definition) is 4. The molecular formula is C24H26N2O2. The molecule has 0 N–H and O–H groups in total. The maximum absolute atomic E-state index is 12.8. The highest BCUT2D eigenvalue weighted by atomic mass is 16.5. The van der Waals surface area contributed by atoms with E-state index in [1.807, 2.05) is 37.3 Å². The van der Waals surface area contributed by atoms with Gasteiger partial charge >= 0.3 is 5.97 Å². The molecule has 1 aromatic carbocycles. The van der Waals surface area contributed by atoms with Crippen molar-refractivity contribution < 1.29 is 9.53 Å². The molecule has 1 unspecified atom stereocenters. The van der Waals surface area contributed by atoms with Crippen LogP contribution in [-0.2, 0) is 9.53 Å². The largest absolute Gasteiger partial charge is 0.461 e. The molecule has 0 fully saturated rings. The van der Waals surface area contributed by atoms with E-state index in [0.717, 1.165) is 53.6 Å². The van der Waals surface area contributed by atoms with Crippen LogP contribution in [0.4, 0.5) is 0 Å². The predicted octanol–water partition coefficient (Wildman–Crippen LogP) is 5.46. The Bertz CT molecular complexity index is 953. The van der Waals surface area contributed by atoms with Crippen molar-refractivity contribution in [1.82, 2.24) is 4.98 Å². The summed E-state index contributed by atoms with van der Waals surface area (Å²) in [5.41, 5.74) is 5.32. The van der Waals surface area contributed by atoms with Crippen LogP contribution in [0.3, 0.4) is 0 Å². The van der Waals surface area contributed by atoms with Crippen LogP contribution >= 0.6 is 0 Å². The molecule has 1 aliphatic carbocycles. The van der Waals surface area contributed by atoms with Crippen LogP contribution in [-0.4, -0.2) is 17.6 Å². The third-order valence-electron chi connectivity index (χ3n) is 5.36. The standard InChI is InChI=1S/C24H26N2O2/c1-4-6-9-17(5-2)15-28-24(27)21(13-25)23-19-11-8-7-10-18(19)20-12-16(3)26-14-22(20)23/h7-8,10-12,14,17H,4-6,9,15H2,1-3H3/b23-21-. The molecule has 4 nitrogen and oxygen atoms in total. The van der Waals surface area contributed by atoms with E-state index in [1.165, 1.54) is 0 Å². The fourth-order valence-corrected chi connectivity index (χ4v) is 3.70. The molecule has 1 heterocycles. The number of nitrogens with zero attached hydrogens (tertiary/aromatic N) is 2. The first kappa shape index (κ1) is 19.8. The Balaban J connectivity index is 1.96. The Hall–Kier alpha value is -2.93. The Kier molecular flexibility index (Phi) is 6.26. The van der Waals surface area contributed by atoms with Crippen LogP contribution < -0.4 is 0 Å². The zero-order valence-corrected chi connectivity index (χ0v) is 16.8. The molecule has 0 radical (unpaired) electrons. The molecule has 1 atom stereocenters. The highest BCUT2D eigenvalue weighted by Crippen LogP contribution is 2.45. The summed E-state index contributed by atoms with van der Waals surface area (Å²) in [6, 6.07) is 11.9. The number of fused-ring (bicyclic) bond motifs is 3. The van der Waals surface area contributed by atoms with E-state index in [1.54, 1.807) is 6.20 Å². The lowest BCUT2D eigenvalue weighted by atomic mass is 9.99. The average molecular weight is 374 g/mol. The zero-order chi connectivity index (χ0) is 20.1. The molecule has 0 saturated heterocycles. The van der Waals surface area contributed by atoms with Gasteiger partial charge in [0.05, 0.1) is 6.61 Å². The van der Waals surface area contributed by atoms with Crippen molar-refractivity contribution in [2.75, 3.05) is 6.61 Å². The van der Waals surface area contributed by atoms with Gasteiger partial charge in [-0.25, -0.2) is 4.79 Å². The quantitative estimate of drug-likeness (QED) is 0.313. The van der Waals surface area contributed by atoms with Crippen LogP contribution in [0.25, 0.3) is 16.7 Å². The molecule has 1 aromatic heterocycles. The Labute approximate surface area is 166 Å². The van der Waals surface area contributed by atoms with Crippen LogP contribution in [0, 0.1) is 24.2 Å². The van der Waals surface area contributed by atoms with Crippen molar-refractivity contribution in [2.45, 2.75) is 46.5 Å². The lowest BCUT2D eigenvalue weighted by Crippen LogP contribution is -2.16. The van der Waals surface area contributed by atoms with Gasteiger partial charge in [-0.05, 0) is 42.0 Å². The molecular weight excluding hydrogens is 348 g/mol. The van der Waals surface area contributed by atoms with Gasteiger partial charge in [0.25, 0.3) is 0 Å².